The summed E-state index contributed by atoms with van der Waals surface area (Å²) in [6, 6.07) is 0. The number of rotatable bonds is 5. The number of aliphatic imine (C=N–C) groups is 1. The van der Waals surface area contributed by atoms with Gasteiger partial charge in [0.2, 0.25) is 0 Å². The molecule has 0 aromatic rings. The Balaban J connectivity index is 2.57. The van der Waals surface area contributed by atoms with E-state index < -0.39 is 5.31 Å². The van der Waals surface area contributed by atoms with Gasteiger partial charge in [0.15, 0.2) is 0 Å². The maximum Gasteiger partial charge on any atom is 0.0819 e. The topological polar surface area (TPSA) is 36.2 Å². The van der Waals surface area contributed by atoms with E-state index in [9.17, 15) is 0 Å². The molecular formula is C14H19BN2. The van der Waals surface area contributed by atoms with Crippen molar-refractivity contribution in [2.24, 2.45) is 10.9 Å². The Kier molecular flexibility index (Phi) is 5.14. The summed E-state index contributed by atoms with van der Waals surface area (Å²) < 4.78 is 0. The molecule has 2 radical (unpaired) electrons. The summed E-state index contributed by atoms with van der Waals surface area (Å²) >= 11 is 0. The normalized spacial score (nSPS) is 23.9. The molecular weight excluding hydrogens is 207 g/mol. The summed E-state index contributed by atoms with van der Waals surface area (Å²) in [4.78, 5) is 4.38. The average Bonchev–Trinajstić information content (AvgIpc) is 2.29. The van der Waals surface area contributed by atoms with Gasteiger partial charge in [-0.25, -0.2) is 0 Å². The molecule has 0 aromatic heterocycles. The van der Waals surface area contributed by atoms with Crippen LogP contribution in [0.5, 0.6) is 0 Å². The first-order chi connectivity index (χ1) is 8.07. The summed E-state index contributed by atoms with van der Waals surface area (Å²) in [6.07, 6.45) is 14.9. The van der Waals surface area contributed by atoms with Crippen molar-refractivity contribution in [1.29, 1.82) is 5.41 Å². The Morgan fingerprint density at radius 3 is 3.06 bits per heavy atom. The van der Waals surface area contributed by atoms with Crippen LogP contribution in [0, 0.1) is 11.3 Å². The first kappa shape index (κ1) is 13.7. The molecule has 0 saturated carbocycles. The van der Waals surface area contributed by atoms with Gasteiger partial charge in [-0.1, -0.05) is 25.2 Å². The largest absolute Gasteiger partial charge is 0.313 e. The van der Waals surface area contributed by atoms with Crippen molar-refractivity contribution in [1.82, 2.24) is 0 Å². The third kappa shape index (κ3) is 4.98. The molecule has 0 bridgehead atoms. The average molecular weight is 226 g/mol. The Morgan fingerprint density at radius 2 is 2.41 bits per heavy atom. The molecule has 0 spiro atoms. The van der Waals surface area contributed by atoms with E-state index in [0.29, 0.717) is 5.92 Å². The van der Waals surface area contributed by atoms with Crippen LogP contribution in [0.15, 0.2) is 41.1 Å². The molecule has 2 nitrogen and oxygen atoms in total. The Morgan fingerprint density at radius 1 is 1.65 bits per heavy atom. The highest BCUT2D eigenvalue weighted by atomic mass is 14.7. The second kappa shape index (κ2) is 6.38. The molecule has 0 fully saturated rings. The highest BCUT2D eigenvalue weighted by molar-refractivity contribution is 6.24. The van der Waals surface area contributed by atoms with E-state index in [1.54, 1.807) is 6.21 Å². The zero-order valence-corrected chi connectivity index (χ0v) is 10.6. The summed E-state index contributed by atoms with van der Waals surface area (Å²) in [5.74, 6) is 0.370. The van der Waals surface area contributed by atoms with Crippen LogP contribution < -0.4 is 0 Å². The quantitative estimate of drug-likeness (QED) is 0.550. The maximum absolute atomic E-state index is 7.28. The summed E-state index contributed by atoms with van der Waals surface area (Å²) in [7, 11) is 5.97. The maximum atomic E-state index is 7.28. The molecule has 17 heavy (non-hydrogen) atoms. The van der Waals surface area contributed by atoms with E-state index in [1.165, 1.54) is 6.21 Å². The van der Waals surface area contributed by atoms with Gasteiger partial charge in [-0.3, -0.25) is 4.99 Å². The SMILES string of the molecule is [B]C(C)(C=N)CC1C=CC=C(N=C/C=C\C)C1. The fourth-order valence-corrected chi connectivity index (χ4v) is 1.81. The molecule has 2 unspecified atom stereocenters. The molecule has 1 aliphatic carbocycles. The predicted octanol–water partition coefficient (Wildman–Crippen LogP) is 3.48. The highest BCUT2D eigenvalue weighted by Crippen LogP contribution is 2.33. The van der Waals surface area contributed by atoms with Crippen LogP contribution in [0.4, 0.5) is 0 Å². The molecule has 0 heterocycles. The van der Waals surface area contributed by atoms with Crippen molar-refractivity contribution in [3.8, 4) is 0 Å². The van der Waals surface area contributed by atoms with Crippen molar-refractivity contribution < 1.29 is 0 Å². The van der Waals surface area contributed by atoms with Crippen LogP contribution in [0.25, 0.3) is 0 Å². The van der Waals surface area contributed by atoms with E-state index in [2.05, 4.69) is 11.1 Å². The van der Waals surface area contributed by atoms with E-state index >= 15 is 0 Å². The van der Waals surface area contributed by atoms with Crippen LogP contribution >= 0.6 is 0 Å². The summed E-state index contributed by atoms with van der Waals surface area (Å²) in [5.41, 5.74) is 1.07. The lowest BCUT2D eigenvalue weighted by Gasteiger charge is -2.25. The molecule has 1 aliphatic rings. The number of nitrogens with zero attached hydrogens (tertiary/aromatic N) is 1. The third-order valence-electron chi connectivity index (χ3n) is 2.69. The van der Waals surface area contributed by atoms with Gasteiger partial charge in [0.05, 0.1) is 7.85 Å². The highest BCUT2D eigenvalue weighted by Gasteiger charge is 2.20. The van der Waals surface area contributed by atoms with E-state index in [-0.39, 0.29) is 0 Å². The monoisotopic (exact) mass is 226 g/mol. The third-order valence-corrected chi connectivity index (χ3v) is 2.69. The lowest BCUT2D eigenvalue weighted by atomic mass is 9.65. The Hall–Kier alpha value is -1.38. The predicted molar refractivity (Wildman–Crippen MR) is 76.2 cm³/mol. The first-order valence-corrected chi connectivity index (χ1v) is 5.90. The zero-order valence-electron chi connectivity index (χ0n) is 10.6. The molecule has 0 aromatic carbocycles. The van der Waals surface area contributed by atoms with Crippen LogP contribution in [0.1, 0.15) is 26.7 Å². The number of hydrogen-bond donors (Lipinski definition) is 1. The van der Waals surface area contributed by atoms with Crippen molar-refractivity contribution in [2.45, 2.75) is 32.0 Å². The minimum atomic E-state index is -0.523. The smallest absolute Gasteiger partial charge is 0.0819 e. The minimum absolute atomic E-state index is 0.370. The van der Waals surface area contributed by atoms with Gasteiger partial charge in [0.25, 0.3) is 0 Å². The lowest BCUT2D eigenvalue weighted by Crippen LogP contribution is -2.15. The number of allylic oxidation sites excluding steroid dienone is 6. The van der Waals surface area contributed by atoms with Gasteiger partial charge < -0.3 is 5.41 Å². The van der Waals surface area contributed by atoms with Crippen molar-refractivity contribution >= 4 is 20.3 Å². The molecule has 3 heteroatoms. The van der Waals surface area contributed by atoms with Crippen LogP contribution in [0.3, 0.4) is 0 Å². The first-order valence-electron chi connectivity index (χ1n) is 5.90. The molecule has 0 aliphatic heterocycles. The van der Waals surface area contributed by atoms with E-state index in [1.807, 2.05) is 38.2 Å². The summed E-state index contributed by atoms with van der Waals surface area (Å²) in [5, 5.41) is 6.76. The van der Waals surface area contributed by atoms with Crippen LogP contribution in [-0.2, 0) is 0 Å². The zero-order chi connectivity index (χ0) is 12.7. The molecule has 0 saturated heterocycles. The molecule has 1 rings (SSSR count). The number of nitrogens with one attached hydrogen (secondary N) is 1. The van der Waals surface area contributed by atoms with E-state index in [0.717, 1.165) is 18.5 Å². The summed E-state index contributed by atoms with van der Waals surface area (Å²) in [6.45, 7) is 3.85. The standard InChI is InChI=1S/C14H19BN2/c1-3-4-8-17-13-7-5-6-12(9-13)10-14(2,15)11-16/h3-8,11-12,16H,9-10H2,1-2H3/b4-3-,16-11?,17-8?. The van der Waals surface area contributed by atoms with Gasteiger partial charge in [-0.15, -0.1) is 0 Å². The van der Waals surface area contributed by atoms with Gasteiger partial charge >= 0.3 is 0 Å². The number of hydrogen-bond acceptors (Lipinski definition) is 2. The van der Waals surface area contributed by atoms with Crippen molar-refractivity contribution in [3.05, 3.63) is 36.1 Å². The van der Waals surface area contributed by atoms with Gasteiger partial charge in [-0.05, 0) is 49.4 Å². The molecule has 88 valence electrons. The molecule has 2 atom stereocenters. The fraction of sp³-hybridized carbons (Fsp3) is 0.429. The molecule has 0 amide bonds. The van der Waals surface area contributed by atoms with Crippen molar-refractivity contribution in [2.75, 3.05) is 0 Å². The van der Waals surface area contributed by atoms with Gasteiger partial charge in [-0.2, -0.15) is 0 Å². The van der Waals surface area contributed by atoms with Gasteiger partial charge in [0, 0.05) is 11.9 Å². The Labute approximate surface area is 105 Å². The Bertz CT molecular complexity index is 376. The molecule has 1 N–H and O–H groups in total. The van der Waals surface area contributed by atoms with Crippen molar-refractivity contribution in [3.63, 3.8) is 0 Å². The van der Waals surface area contributed by atoms with E-state index in [4.69, 9.17) is 13.3 Å². The minimum Gasteiger partial charge on any atom is -0.313 e. The van der Waals surface area contributed by atoms with Gasteiger partial charge in [0.1, 0.15) is 0 Å². The second-order valence-corrected chi connectivity index (χ2v) is 4.67. The van der Waals surface area contributed by atoms with Crippen LogP contribution in [-0.4, -0.2) is 20.3 Å². The van der Waals surface area contributed by atoms with Crippen LogP contribution in [0.2, 0.25) is 5.31 Å². The second-order valence-electron chi connectivity index (χ2n) is 4.67. The lowest BCUT2D eigenvalue weighted by molar-refractivity contribution is 0.534. The fourth-order valence-electron chi connectivity index (χ4n) is 1.81.